The monoisotopic (exact) mass is 357 g/mol. The number of hydrogen-bond donors (Lipinski definition) is 0. The van der Waals surface area contributed by atoms with Gasteiger partial charge in [-0.25, -0.2) is 8.42 Å². The van der Waals surface area contributed by atoms with Crippen LogP contribution in [-0.4, -0.2) is 20.6 Å². The Labute approximate surface area is 149 Å². The number of benzene rings is 2. The smallest absolute Gasteiger partial charge is 0.265 e. The van der Waals surface area contributed by atoms with Crippen LogP contribution in [0.15, 0.2) is 59.5 Å². The Hall–Kier alpha value is -2.27. The van der Waals surface area contributed by atoms with Gasteiger partial charge >= 0.3 is 0 Å². The van der Waals surface area contributed by atoms with Crippen LogP contribution in [0, 0.1) is 6.92 Å². The predicted octanol–water partition coefficient (Wildman–Crippen LogP) is 4.36. The van der Waals surface area contributed by atoms with E-state index in [2.05, 4.69) is 0 Å². The van der Waals surface area contributed by atoms with Crippen molar-refractivity contribution in [3.8, 4) is 0 Å². The molecule has 2 aromatic carbocycles. The summed E-state index contributed by atoms with van der Waals surface area (Å²) < 4.78 is 34.1. The van der Waals surface area contributed by atoms with E-state index >= 15 is 0 Å². The van der Waals surface area contributed by atoms with E-state index in [0.717, 1.165) is 16.9 Å². The van der Waals surface area contributed by atoms with Crippen molar-refractivity contribution in [2.24, 2.45) is 0 Å². The molecule has 0 fully saturated rings. The fourth-order valence-electron chi connectivity index (χ4n) is 3.16. The molecule has 3 rings (SSSR count). The Balaban J connectivity index is 2.20. The van der Waals surface area contributed by atoms with Crippen LogP contribution < -0.4 is 4.31 Å². The fraction of sp³-hybridized carbons (Fsp3) is 0.300. The second kappa shape index (κ2) is 6.23. The largest absolute Gasteiger partial charge is 0.493 e. The zero-order chi connectivity index (χ0) is 18.2. The summed E-state index contributed by atoms with van der Waals surface area (Å²) in [5.74, 6) is 0.721. The summed E-state index contributed by atoms with van der Waals surface area (Å²) in [6.45, 7) is 8.15. The van der Waals surface area contributed by atoms with E-state index in [-0.39, 0.29) is 4.90 Å². The summed E-state index contributed by atoms with van der Waals surface area (Å²) in [5, 5.41) is 0. The fourth-order valence-corrected chi connectivity index (χ4v) is 4.94. The van der Waals surface area contributed by atoms with Gasteiger partial charge in [0.05, 0.1) is 22.7 Å². The number of hydrogen-bond acceptors (Lipinski definition) is 3. The average Bonchev–Trinajstić information content (AvgIpc) is 2.54. The highest BCUT2D eigenvalue weighted by Crippen LogP contribution is 2.42. The van der Waals surface area contributed by atoms with Crippen LogP contribution in [0.2, 0.25) is 0 Å². The lowest BCUT2D eigenvalue weighted by molar-refractivity contribution is 0.294. The van der Waals surface area contributed by atoms with Gasteiger partial charge in [0.25, 0.3) is 10.0 Å². The van der Waals surface area contributed by atoms with Crippen molar-refractivity contribution in [3.05, 3.63) is 65.7 Å². The summed E-state index contributed by atoms with van der Waals surface area (Å²) in [4.78, 5) is 0.286. The second-order valence-electron chi connectivity index (χ2n) is 6.69. The van der Waals surface area contributed by atoms with Gasteiger partial charge in [0.1, 0.15) is 5.76 Å². The molecule has 0 radical (unpaired) electrons. The molecule has 0 spiro atoms. The number of sulfonamides is 1. The minimum Gasteiger partial charge on any atom is -0.493 e. The van der Waals surface area contributed by atoms with Crippen LogP contribution in [0.5, 0.6) is 0 Å². The summed E-state index contributed by atoms with van der Waals surface area (Å²) in [6, 6.07) is 14.4. The highest BCUT2D eigenvalue weighted by atomic mass is 32.2. The highest BCUT2D eigenvalue weighted by molar-refractivity contribution is 7.93. The van der Waals surface area contributed by atoms with E-state index in [1.54, 1.807) is 12.1 Å². The van der Waals surface area contributed by atoms with E-state index in [4.69, 9.17) is 4.74 Å². The van der Waals surface area contributed by atoms with Gasteiger partial charge < -0.3 is 4.74 Å². The molecule has 1 aliphatic rings. The number of para-hydroxylation sites is 1. The van der Waals surface area contributed by atoms with Gasteiger partial charge in [0.2, 0.25) is 0 Å². The summed E-state index contributed by atoms with van der Waals surface area (Å²) >= 11 is 0. The van der Waals surface area contributed by atoms with Gasteiger partial charge in [-0.3, -0.25) is 4.31 Å². The Morgan fingerprint density at radius 1 is 1.04 bits per heavy atom. The van der Waals surface area contributed by atoms with E-state index in [1.807, 2.05) is 70.2 Å². The lowest BCUT2D eigenvalue weighted by Gasteiger charge is -2.41. The Bertz CT molecular complexity index is 912. The molecule has 2 aromatic rings. The van der Waals surface area contributed by atoms with E-state index in [9.17, 15) is 8.42 Å². The first-order valence-electron chi connectivity index (χ1n) is 8.34. The van der Waals surface area contributed by atoms with E-state index in [0.29, 0.717) is 12.3 Å². The standard InChI is InChI=1S/C20H23NO3S/c1-5-24-19-14-20(3,4)21(18-9-7-6-8-17(18)19)25(22,23)16-12-10-15(2)11-13-16/h6-14H,5H2,1-4H3. The van der Waals surface area contributed by atoms with Crippen molar-refractivity contribution in [1.82, 2.24) is 0 Å². The molecular weight excluding hydrogens is 334 g/mol. The zero-order valence-corrected chi connectivity index (χ0v) is 15.8. The molecule has 4 nitrogen and oxygen atoms in total. The quantitative estimate of drug-likeness (QED) is 0.817. The first kappa shape index (κ1) is 17.5. The van der Waals surface area contributed by atoms with Crippen molar-refractivity contribution < 1.29 is 13.2 Å². The maximum Gasteiger partial charge on any atom is 0.265 e. The topological polar surface area (TPSA) is 46.6 Å². The van der Waals surface area contributed by atoms with Crippen LogP contribution in [0.1, 0.15) is 31.9 Å². The number of fused-ring (bicyclic) bond motifs is 1. The minimum atomic E-state index is -3.71. The average molecular weight is 357 g/mol. The normalized spacial score (nSPS) is 16.2. The lowest BCUT2D eigenvalue weighted by Crippen LogP contribution is -2.49. The van der Waals surface area contributed by atoms with Gasteiger partial charge in [-0.15, -0.1) is 0 Å². The molecule has 5 heteroatoms. The van der Waals surface area contributed by atoms with Crippen molar-refractivity contribution in [2.45, 2.75) is 38.1 Å². The molecule has 0 bridgehead atoms. The van der Waals surface area contributed by atoms with Crippen LogP contribution in [0.25, 0.3) is 5.76 Å². The van der Waals surface area contributed by atoms with E-state index in [1.165, 1.54) is 4.31 Å². The minimum absolute atomic E-state index is 0.286. The first-order valence-corrected chi connectivity index (χ1v) is 9.78. The second-order valence-corrected chi connectivity index (χ2v) is 8.48. The molecule has 25 heavy (non-hydrogen) atoms. The van der Waals surface area contributed by atoms with Gasteiger partial charge in [0, 0.05) is 5.56 Å². The third kappa shape index (κ3) is 3.04. The molecule has 0 saturated heterocycles. The summed E-state index contributed by atoms with van der Waals surface area (Å²) in [5.41, 5.74) is 1.71. The molecule has 0 unspecified atom stereocenters. The maximum absolute atomic E-state index is 13.4. The molecule has 0 aliphatic carbocycles. The molecule has 0 N–H and O–H groups in total. The van der Waals surface area contributed by atoms with Crippen LogP contribution in [-0.2, 0) is 14.8 Å². The molecule has 0 saturated carbocycles. The van der Waals surface area contributed by atoms with Gasteiger partial charge in [-0.1, -0.05) is 29.8 Å². The molecule has 0 atom stereocenters. The predicted molar refractivity (Wildman–Crippen MR) is 101 cm³/mol. The number of rotatable bonds is 4. The Kier molecular flexibility index (Phi) is 4.37. The van der Waals surface area contributed by atoms with Crippen molar-refractivity contribution >= 4 is 21.5 Å². The van der Waals surface area contributed by atoms with Gasteiger partial charge in [0.15, 0.2) is 0 Å². The number of aryl methyl sites for hydroxylation is 1. The van der Waals surface area contributed by atoms with Crippen LogP contribution in [0.4, 0.5) is 5.69 Å². The third-order valence-corrected chi connectivity index (χ3v) is 6.27. The Morgan fingerprint density at radius 3 is 2.32 bits per heavy atom. The van der Waals surface area contributed by atoms with Crippen LogP contribution in [0.3, 0.4) is 0 Å². The van der Waals surface area contributed by atoms with Crippen LogP contribution >= 0.6 is 0 Å². The third-order valence-electron chi connectivity index (χ3n) is 4.26. The molecule has 1 heterocycles. The Morgan fingerprint density at radius 2 is 1.68 bits per heavy atom. The van der Waals surface area contributed by atoms with Gasteiger partial charge in [-0.2, -0.15) is 0 Å². The number of ether oxygens (including phenoxy) is 1. The first-order chi connectivity index (χ1) is 11.8. The van der Waals surface area contributed by atoms with Gasteiger partial charge in [-0.05, 0) is 58.0 Å². The summed E-state index contributed by atoms with van der Waals surface area (Å²) in [6.07, 6.45) is 1.88. The molecule has 132 valence electrons. The summed E-state index contributed by atoms with van der Waals surface area (Å²) in [7, 11) is -3.71. The van der Waals surface area contributed by atoms with Crippen molar-refractivity contribution in [2.75, 3.05) is 10.9 Å². The van der Waals surface area contributed by atoms with Crippen molar-refractivity contribution in [3.63, 3.8) is 0 Å². The highest BCUT2D eigenvalue weighted by Gasteiger charge is 2.41. The molecule has 0 amide bonds. The zero-order valence-electron chi connectivity index (χ0n) is 15.0. The number of anilines is 1. The van der Waals surface area contributed by atoms with Crippen molar-refractivity contribution in [1.29, 1.82) is 0 Å². The number of nitrogens with zero attached hydrogens (tertiary/aromatic N) is 1. The molecule has 1 aliphatic heterocycles. The van der Waals surface area contributed by atoms with E-state index < -0.39 is 15.6 Å². The SMILES string of the molecule is CCOC1=CC(C)(C)N(S(=O)(=O)c2ccc(C)cc2)c2ccccc21. The maximum atomic E-state index is 13.4. The molecule has 0 aromatic heterocycles. The lowest BCUT2D eigenvalue weighted by atomic mass is 9.95. The molecular formula is C20H23NO3S.